The van der Waals surface area contributed by atoms with Crippen molar-refractivity contribution in [3.05, 3.63) is 17.8 Å². The Kier molecular flexibility index (Phi) is 3.31. The topological polar surface area (TPSA) is 67.3 Å². The van der Waals surface area contributed by atoms with E-state index < -0.39 is 0 Å². The Morgan fingerprint density at radius 2 is 2.25 bits per heavy atom. The summed E-state index contributed by atoms with van der Waals surface area (Å²) in [6.07, 6.45) is 1.50. The number of esters is 1. The SMILES string of the molecule is COC(=O)c1ccnnc1N1CCNCC1. The summed E-state index contributed by atoms with van der Waals surface area (Å²) < 4.78 is 4.72. The summed E-state index contributed by atoms with van der Waals surface area (Å²) in [5.74, 6) is 0.235. The molecule has 0 spiro atoms. The summed E-state index contributed by atoms with van der Waals surface area (Å²) in [4.78, 5) is 13.6. The summed E-state index contributed by atoms with van der Waals surface area (Å²) >= 11 is 0. The van der Waals surface area contributed by atoms with Crippen molar-refractivity contribution in [3.8, 4) is 0 Å². The van der Waals surface area contributed by atoms with Gasteiger partial charge in [-0.25, -0.2) is 4.79 Å². The molecule has 6 nitrogen and oxygen atoms in total. The fourth-order valence-corrected chi connectivity index (χ4v) is 1.70. The highest BCUT2D eigenvalue weighted by atomic mass is 16.5. The lowest BCUT2D eigenvalue weighted by molar-refractivity contribution is 0.0600. The lowest BCUT2D eigenvalue weighted by atomic mass is 10.2. The molecule has 1 aliphatic heterocycles. The van der Waals surface area contributed by atoms with Crippen LogP contribution in [0.5, 0.6) is 0 Å². The molecule has 1 aromatic heterocycles. The van der Waals surface area contributed by atoms with E-state index in [2.05, 4.69) is 15.5 Å². The molecule has 1 fully saturated rings. The zero-order chi connectivity index (χ0) is 11.4. The maximum Gasteiger partial charge on any atom is 0.341 e. The van der Waals surface area contributed by atoms with Crippen LogP contribution < -0.4 is 10.2 Å². The van der Waals surface area contributed by atoms with Crippen LogP contribution in [0.25, 0.3) is 0 Å². The second-order valence-corrected chi connectivity index (χ2v) is 3.50. The Morgan fingerprint density at radius 3 is 2.94 bits per heavy atom. The van der Waals surface area contributed by atoms with Gasteiger partial charge in [0.1, 0.15) is 5.56 Å². The average Bonchev–Trinajstić information content (AvgIpc) is 2.39. The Labute approximate surface area is 93.6 Å². The highest BCUT2D eigenvalue weighted by Gasteiger charge is 2.20. The molecule has 0 amide bonds. The van der Waals surface area contributed by atoms with Crippen LogP contribution in [0.15, 0.2) is 12.3 Å². The predicted octanol–water partition coefficient (Wildman–Crippen LogP) is -0.327. The van der Waals surface area contributed by atoms with Gasteiger partial charge in [-0.3, -0.25) is 0 Å². The van der Waals surface area contributed by atoms with Gasteiger partial charge in [-0.1, -0.05) is 0 Å². The van der Waals surface area contributed by atoms with Crippen molar-refractivity contribution in [1.82, 2.24) is 15.5 Å². The van der Waals surface area contributed by atoms with E-state index in [1.165, 1.54) is 13.3 Å². The quantitative estimate of drug-likeness (QED) is 0.691. The fourth-order valence-electron chi connectivity index (χ4n) is 1.70. The maximum atomic E-state index is 11.5. The average molecular weight is 222 g/mol. The van der Waals surface area contributed by atoms with E-state index in [0.29, 0.717) is 11.4 Å². The van der Waals surface area contributed by atoms with Crippen LogP contribution in [0.4, 0.5) is 5.82 Å². The van der Waals surface area contributed by atoms with Crippen LogP contribution in [0, 0.1) is 0 Å². The van der Waals surface area contributed by atoms with Gasteiger partial charge in [0, 0.05) is 26.2 Å². The van der Waals surface area contributed by atoms with Crippen LogP contribution in [0.2, 0.25) is 0 Å². The molecule has 1 N–H and O–H groups in total. The minimum atomic E-state index is -0.372. The molecular formula is C10H14N4O2. The molecule has 0 aliphatic carbocycles. The molecule has 1 aromatic rings. The van der Waals surface area contributed by atoms with Gasteiger partial charge in [0.15, 0.2) is 5.82 Å². The van der Waals surface area contributed by atoms with Gasteiger partial charge in [-0.2, -0.15) is 5.10 Å². The molecule has 1 saturated heterocycles. The molecule has 16 heavy (non-hydrogen) atoms. The van der Waals surface area contributed by atoms with Crippen molar-refractivity contribution in [1.29, 1.82) is 0 Å². The number of anilines is 1. The van der Waals surface area contributed by atoms with Crippen LogP contribution in [0.1, 0.15) is 10.4 Å². The molecule has 6 heteroatoms. The highest BCUT2D eigenvalue weighted by molar-refractivity contribution is 5.94. The lowest BCUT2D eigenvalue weighted by Gasteiger charge is -2.28. The molecule has 86 valence electrons. The molecule has 2 rings (SSSR count). The summed E-state index contributed by atoms with van der Waals surface area (Å²) in [5, 5.41) is 11.1. The Balaban J connectivity index is 2.28. The molecule has 0 saturated carbocycles. The number of hydrogen-bond acceptors (Lipinski definition) is 6. The minimum Gasteiger partial charge on any atom is -0.465 e. The number of nitrogens with zero attached hydrogens (tertiary/aromatic N) is 3. The van der Waals surface area contributed by atoms with Gasteiger partial charge in [0.25, 0.3) is 0 Å². The van der Waals surface area contributed by atoms with E-state index >= 15 is 0 Å². The van der Waals surface area contributed by atoms with Crippen LogP contribution in [-0.4, -0.2) is 49.5 Å². The first-order valence-corrected chi connectivity index (χ1v) is 5.18. The van der Waals surface area contributed by atoms with E-state index in [9.17, 15) is 4.79 Å². The fraction of sp³-hybridized carbons (Fsp3) is 0.500. The zero-order valence-corrected chi connectivity index (χ0v) is 9.14. The maximum absolute atomic E-state index is 11.5. The number of rotatable bonds is 2. The third-order valence-corrected chi connectivity index (χ3v) is 2.52. The van der Waals surface area contributed by atoms with Crippen molar-refractivity contribution in [2.75, 3.05) is 38.2 Å². The second-order valence-electron chi connectivity index (χ2n) is 3.50. The summed E-state index contributed by atoms with van der Waals surface area (Å²) in [6.45, 7) is 3.42. The molecule has 0 atom stereocenters. The van der Waals surface area contributed by atoms with Crippen LogP contribution >= 0.6 is 0 Å². The molecule has 0 bridgehead atoms. The minimum absolute atomic E-state index is 0.372. The number of methoxy groups -OCH3 is 1. The normalized spacial score (nSPS) is 15.9. The number of ether oxygens (including phenoxy) is 1. The van der Waals surface area contributed by atoms with E-state index in [1.807, 2.05) is 4.90 Å². The van der Waals surface area contributed by atoms with Gasteiger partial charge in [0.05, 0.1) is 13.3 Å². The molecule has 0 aromatic carbocycles. The van der Waals surface area contributed by atoms with Gasteiger partial charge >= 0.3 is 5.97 Å². The third kappa shape index (κ3) is 2.11. The van der Waals surface area contributed by atoms with Crippen molar-refractivity contribution in [2.45, 2.75) is 0 Å². The van der Waals surface area contributed by atoms with Gasteiger partial charge in [0.2, 0.25) is 0 Å². The van der Waals surface area contributed by atoms with Crippen molar-refractivity contribution in [2.24, 2.45) is 0 Å². The third-order valence-electron chi connectivity index (χ3n) is 2.52. The standard InChI is InChI=1S/C10H14N4O2/c1-16-10(15)8-2-3-12-13-9(8)14-6-4-11-5-7-14/h2-3,11H,4-7H2,1H3. The molecule has 0 unspecified atom stereocenters. The number of nitrogens with one attached hydrogen (secondary N) is 1. The van der Waals surface area contributed by atoms with Crippen LogP contribution in [0.3, 0.4) is 0 Å². The first-order valence-electron chi connectivity index (χ1n) is 5.18. The van der Waals surface area contributed by atoms with Crippen molar-refractivity contribution in [3.63, 3.8) is 0 Å². The van der Waals surface area contributed by atoms with Gasteiger partial charge in [-0.05, 0) is 6.07 Å². The van der Waals surface area contributed by atoms with E-state index in [-0.39, 0.29) is 5.97 Å². The lowest BCUT2D eigenvalue weighted by Crippen LogP contribution is -2.44. The first-order chi connectivity index (χ1) is 7.83. The Morgan fingerprint density at radius 1 is 1.50 bits per heavy atom. The predicted molar refractivity (Wildman–Crippen MR) is 58.5 cm³/mol. The van der Waals surface area contributed by atoms with Gasteiger partial charge in [-0.15, -0.1) is 5.10 Å². The van der Waals surface area contributed by atoms with E-state index in [0.717, 1.165) is 26.2 Å². The first kappa shape index (κ1) is 10.8. The van der Waals surface area contributed by atoms with Crippen molar-refractivity contribution >= 4 is 11.8 Å². The highest BCUT2D eigenvalue weighted by Crippen LogP contribution is 2.17. The molecule has 1 aliphatic rings. The van der Waals surface area contributed by atoms with Gasteiger partial charge < -0.3 is 15.0 Å². The largest absolute Gasteiger partial charge is 0.465 e. The Hall–Kier alpha value is -1.69. The van der Waals surface area contributed by atoms with E-state index in [4.69, 9.17) is 4.74 Å². The van der Waals surface area contributed by atoms with E-state index in [1.54, 1.807) is 6.07 Å². The molecule has 2 heterocycles. The number of carbonyl (C=O) groups excluding carboxylic acids is 1. The Bertz CT molecular complexity index is 377. The number of aromatic nitrogens is 2. The summed E-state index contributed by atoms with van der Waals surface area (Å²) in [6, 6.07) is 1.64. The smallest absolute Gasteiger partial charge is 0.341 e. The second kappa shape index (κ2) is 4.89. The summed E-state index contributed by atoms with van der Waals surface area (Å²) in [5.41, 5.74) is 0.472. The number of hydrogen-bond donors (Lipinski definition) is 1. The van der Waals surface area contributed by atoms with Crippen LogP contribution in [-0.2, 0) is 4.74 Å². The summed E-state index contributed by atoms with van der Waals surface area (Å²) in [7, 11) is 1.37. The molecule has 0 radical (unpaired) electrons. The zero-order valence-electron chi connectivity index (χ0n) is 9.14. The number of carbonyl (C=O) groups is 1. The monoisotopic (exact) mass is 222 g/mol. The molecular weight excluding hydrogens is 208 g/mol. The van der Waals surface area contributed by atoms with Crippen molar-refractivity contribution < 1.29 is 9.53 Å². The number of piperazine rings is 1.